The molecule has 1 saturated carbocycles. The van der Waals surface area contributed by atoms with Crippen LogP contribution in [-0.4, -0.2) is 24.3 Å². The standard InChI is InChI=1S/C18H20O4S2/c1-21-12-13-5-2-6-14(11-13)22-17(19)18(20,15-7-3-9-23-15)16-8-4-10-24-16/h3-4,7-10,12,14,20H,2,5-6,11H2,1H3/b13-12+/t14-/m0/s1. The Morgan fingerprint density at radius 3 is 2.50 bits per heavy atom. The molecule has 2 aromatic rings. The number of esters is 1. The lowest BCUT2D eigenvalue weighted by atomic mass is 9.93. The summed E-state index contributed by atoms with van der Waals surface area (Å²) in [6, 6.07) is 7.18. The molecule has 1 N–H and O–H groups in total. The molecule has 0 saturated heterocycles. The number of methoxy groups -OCH3 is 1. The molecule has 0 aromatic carbocycles. The summed E-state index contributed by atoms with van der Waals surface area (Å²) in [5, 5.41) is 14.9. The van der Waals surface area contributed by atoms with Crippen molar-refractivity contribution in [2.24, 2.45) is 0 Å². The van der Waals surface area contributed by atoms with Crippen molar-refractivity contribution in [1.82, 2.24) is 0 Å². The molecule has 1 fully saturated rings. The second-order valence-corrected chi connectivity index (χ2v) is 7.70. The van der Waals surface area contributed by atoms with E-state index in [1.54, 1.807) is 25.5 Å². The Morgan fingerprint density at radius 2 is 1.96 bits per heavy atom. The summed E-state index contributed by atoms with van der Waals surface area (Å²) in [6.45, 7) is 0. The molecule has 0 aliphatic heterocycles. The van der Waals surface area contributed by atoms with Crippen molar-refractivity contribution >= 4 is 28.6 Å². The van der Waals surface area contributed by atoms with Gasteiger partial charge in [0.05, 0.1) is 23.1 Å². The third kappa shape index (κ3) is 3.41. The summed E-state index contributed by atoms with van der Waals surface area (Å²) >= 11 is 2.70. The van der Waals surface area contributed by atoms with E-state index < -0.39 is 11.6 Å². The van der Waals surface area contributed by atoms with Gasteiger partial charge in [0.25, 0.3) is 0 Å². The Balaban J connectivity index is 1.82. The van der Waals surface area contributed by atoms with Crippen molar-refractivity contribution in [3.8, 4) is 0 Å². The Labute approximate surface area is 149 Å². The number of hydrogen-bond acceptors (Lipinski definition) is 6. The molecule has 0 amide bonds. The quantitative estimate of drug-likeness (QED) is 0.642. The fraction of sp³-hybridized carbons (Fsp3) is 0.389. The lowest BCUT2D eigenvalue weighted by Crippen LogP contribution is -2.39. The Bertz CT molecular complexity index is 654. The first-order valence-corrected chi connectivity index (χ1v) is 9.62. The van der Waals surface area contributed by atoms with Crippen LogP contribution in [0.15, 0.2) is 46.9 Å². The monoisotopic (exact) mass is 364 g/mol. The largest absolute Gasteiger partial charge is 0.504 e. The van der Waals surface area contributed by atoms with Crippen LogP contribution < -0.4 is 0 Å². The maximum atomic E-state index is 12.9. The van der Waals surface area contributed by atoms with Gasteiger partial charge in [-0.15, -0.1) is 22.7 Å². The van der Waals surface area contributed by atoms with Crippen LogP contribution in [0.5, 0.6) is 0 Å². The topological polar surface area (TPSA) is 55.8 Å². The molecule has 24 heavy (non-hydrogen) atoms. The van der Waals surface area contributed by atoms with Crippen LogP contribution in [-0.2, 0) is 19.9 Å². The van der Waals surface area contributed by atoms with E-state index in [0.717, 1.165) is 24.8 Å². The first-order valence-electron chi connectivity index (χ1n) is 7.86. The van der Waals surface area contributed by atoms with Gasteiger partial charge in [-0.05, 0) is 47.7 Å². The number of aliphatic hydroxyl groups is 1. The van der Waals surface area contributed by atoms with Crippen LogP contribution in [0.2, 0.25) is 0 Å². The fourth-order valence-electron chi connectivity index (χ4n) is 2.96. The average Bonchev–Trinajstić information content (AvgIpc) is 3.28. The van der Waals surface area contributed by atoms with Gasteiger partial charge in [0.2, 0.25) is 5.60 Å². The molecule has 2 heterocycles. The summed E-state index contributed by atoms with van der Waals surface area (Å²) in [5.41, 5.74) is -0.595. The summed E-state index contributed by atoms with van der Waals surface area (Å²) in [7, 11) is 1.62. The van der Waals surface area contributed by atoms with E-state index in [4.69, 9.17) is 9.47 Å². The van der Waals surface area contributed by atoms with Crippen molar-refractivity contribution in [2.75, 3.05) is 7.11 Å². The van der Waals surface area contributed by atoms with Crippen molar-refractivity contribution in [3.05, 3.63) is 56.6 Å². The van der Waals surface area contributed by atoms with Gasteiger partial charge in [0, 0.05) is 6.42 Å². The molecule has 0 radical (unpaired) electrons. The Kier molecular flexibility index (Phi) is 5.38. The highest BCUT2D eigenvalue weighted by molar-refractivity contribution is 7.12. The first-order chi connectivity index (χ1) is 11.6. The van der Waals surface area contributed by atoms with Gasteiger partial charge in [0.15, 0.2) is 0 Å². The molecule has 1 aliphatic carbocycles. The molecule has 3 rings (SSSR count). The zero-order valence-electron chi connectivity index (χ0n) is 13.4. The van der Waals surface area contributed by atoms with Crippen LogP contribution in [0.4, 0.5) is 0 Å². The van der Waals surface area contributed by atoms with E-state index in [2.05, 4.69) is 0 Å². The highest BCUT2D eigenvalue weighted by Crippen LogP contribution is 2.38. The van der Waals surface area contributed by atoms with Gasteiger partial charge in [0.1, 0.15) is 6.10 Å². The highest BCUT2D eigenvalue weighted by atomic mass is 32.1. The summed E-state index contributed by atoms with van der Waals surface area (Å²) in [6.07, 6.45) is 4.87. The number of thiophene rings is 2. The van der Waals surface area contributed by atoms with Crippen LogP contribution in [0.1, 0.15) is 35.4 Å². The van der Waals surface area contributed by atoms with E-state index in [1.807, 2.05) is 22.9 Å². The lowest BCUT2D eigenvalue weighted by Gasteiger charge is -2.29. The number of hydrogen-bond donors (Lipinski definition) is 1. The molecule has 6 heteroatoms. The van der Waals surface area contributed by atoms with Crippen molar-refractivity contribution in [1.29, 1.82) is 0 Å². The maximum absolute atomic E-state index is 12.9. The minimum absolute atomic E-state index is 0.223. The van der Waals surface area contributed by atoms with Crippen LogP contribution in [0.25, 0.3) is 0 Å². The zero-order valence-corrected chi connectivity index (χ0v) is 15.1. The van der Waals surface area contributed by atoms with Gasteiger partial charge in [-0.2, -0.15) is 0 Å². The van der Waals surface area contributed by atoms with Crippen LogP contribution >= 0.6 is 22.7 Å². The molecule has 2 aromatic heterocycles. The number of rotatable bonds is 5. The predicted molar refractivity (Wildman–Crippen MR) is 95.1 cm³/mol. The molecule has 1 atom stereocenters. The van der Waals surface area contributed by atoms with Crippen molar-refractivity contribution in [3.63, 3.8) is 0 Å². The summed E-state index contributed by atoms with van der Waals surface area (Å²) in [4.78, 5) is 14.0. The van der Waals surface area contributed by atoms with Gasteiger partial charge in [-0.3, -0.25) is 0 Å². The summed E-state index contributed by atoms with van der Waals surface area (Å²) in [5.74, 6) is -0.601. The molecular weight excluding hydrogens is 344 g/mol. The fourth-order valence-corrected chi connectivity index (χ4v) is 4.67. The second-order valence-electron chi connectivity index (χ2n) is 5.80. The van der Waals surface area contributed by atoms with Crippen LogP contribution in [0.3, 0.4) is 0 Å². The van der Waals surface area contributed by atoms with E-state index >= 15 is 0 Å². The number of carbonyl (C=O) groups excluding carboxylic acids is 1. The molecule has 0 unspecified atom stereocenters. The maximum Gasteiger partial charge on any atom is 0.349 e. The van der Waals surface area contributed by atoms with Crippen molar-refractivity contribution < 1.29 is 19.4 Å². The molecule has 4 nitrogen and oxygen atoms in total. The molecular formula is C18H20O4S2. The molecule has 0 spiro atoms. The van der Waals surface area contributed by atoms with E-state index in [-0.39, 0.29) is 6.10 Å². The molecule has 0 bridgehead atoms. The van der Waals surface area contributed by atoms with Crippen molar-refractivity contribution in [2.45, 2.75) is 37.4 Å². The highest BCUT2D eigenvalue weighted by Gasteiger charge is 2.44. The predicted octanol–water partition coefficient (Wildman–Crippen LogP) is 4.06. The minimum Gasteiger partial charge on any atom is -0.504 e. The van der Waals surface area contributed by atoms with Gasteiger partial charge < -0.3 is 14.6 Å². The minimum atomic E-state index is -1.73. The third-order valence-corrected chi connectivity index (χ3v) is 6.08. The lowest BCUT2D eigenvalue weighted by molar-refractivity contribution is -0.168. The van der Waals surface area contributed by atoms with E-state index in [1.165, 1.54) is 22.7 Å². The second kappa shape index (κ2) is 7.51. The Hall–Kier alpha value is -1.63. The molecule has 128 valence electrons. The van der Waals surface area contributed by atoms with E-state index in [9.17, 15) is 9.90 Å². The smallest absolute Gasteiger partial charge is 0.349 e. The van der Waals surface area contributed by atoms with Crippen LogP contribution in [0, 0.1) is 0 Å². The molecule has 1 aliphatic rings. The Morgan fingerprint density at radius 1 is 1.29 bits per heavy atom. The third-order valence-electron chi connectivity index (χ3n) is 4.12. The summed E-state index contributed by atoms with van der Waals surface area (Å²) < 4.78 is 10.8. The number of ether oxygens (including phenoxy) is 2. The zero-order chi connectivity index (χ0) is 17.0. The van der Waals surface area contributed by atoms with E-state index in [0.29, 0.717) is 16.2 Å². The first kappa shape index (κ1) is 17.2. The average molecular weight is 364 g/mol. The van der Waals surface area contributed by atoms with Gasteiger partial charge >= 0.3 is 5.97 Å². The van der Waals surface area contributed by atoms with Gasteiger partial charge in [-0.25, -0.2) is 4.79 Å². The normalized spacial score (nSPS) is 20.1. The SMILES string of the molecule is CO/C=C1\CCC[C@H](OC(=O)C(O)(c2cccs2)c2cccs2)C1. The number of carbonyl (C=O) groups is 1. The van der Waals surface area contributed by atoms with Gasteiger partial charge in [-0.1, -0.05) is 12.1 Å².